The summed E-state index contributed by atoms with van der Waals surface area (Å²) in [6.45, 7) is 3.52. The van der Waals surface area contributed by atoms with Gasteiger partial charge in [-0.3, -0.25) is 9.78 Å². The number of nitrogens with two attached hydrogens (primary N) is 1. The number of rotatable bonds is 2. The van der Waals surface area contributed by atoms with Crippen LogP contribution in [-0.2, 0) is 12.8 Å². The van der Waals surface area contributed by atoms with Crippen LogP contribution in [0.4, 0.5) is 17.3 Å². The summed E-state index contributed by atoms with van der Waals surface area (Å²) in [4.78, 5) is 24.6. The second-order valence-electron chi connectivity index (χ2n) is 6.59. The van der Waals surface area contributed by atoms with Gasteiger partial charge < -0.3 is 15.5 Å². The number of H-pyrrole nitrogens is 1. The van der Waals surface area contributed by atoms with Crippen molar-refractivity contribution < 1.29 is 0 Å². The molecular weight excluding hydrogens is 302 g/mol. The van der Waals surface area contributed by atoms with Crippen molar-refractivity contribution in [3.8, 4) is 0 Å². The summed E-state index contributed by atoms with van der Waals surface area (Å²) in [6, 6.07) is 7.99. The molecule has 1 aliphatic heterocycles. The Kier molecular flexibility index (Phi) is 3.88. The van der Waals surface area contributed by atoms with Crippen molar-refractivity contribution in [2.45, 2.75) is 25.7 Å². The van der Waals surface area contributed by atoms with Crippen molar-refractivity contribution in [3.63, 3.8) is 0 Å². The average molecular weight is 325 g/mol. The van der Waals surface area contributed by atoms with Crippen LogP contribution in [-0.4, -0.2) is 36.1 Å². The lowest BCUT2D eigenvalue weighted by atomic mass is 9.97. The molecular formula is C18H23N5O. The highest BCUT2D eigenvalue weighted by atomic mass is 16.1. The molecule has 2 aromatic rings. The molecule has 126 valence electrons. The molecule has 0 bridgehead atoms. The van der Waals surface area contributed by atoms with Gasteiger partial charge in [0, 0.05) is 43.1 Å². The van der Waals surface area contributed by atoms with Crippen molar-refractivity contribution in [2.75, 3.05) is 41.7 Å². The second kappa shape index (κ2) is 6.19. The second-order valence-corrected chi connectivity index (χ2v) is 6.59. The summed E-state index contributed by atoms with van der Waals surface area (Å²) in [7, 11) is 0. The third-order valence-electron chi connectivity index (χ3n) is 5.02. The fourth-order valence-electron chi connectivity index (χ4n) is 3.60. The Morgan fingerprint density at radius 2 is 1.62 bits per heavy atom. The molecule has 0 spiro atoms. The van der Waals surface area contributed by atoms with Crippen molar-refractivity contribution in [3.05, 3.63) is 45.9 Å². The van der Waals surface area contributed by atoms with Gasteiger partial charge in [0.05, 0.1) is 5.69 Å². The molecule has 1 aliphatic carbocycles. The summed E-state index contributed by atoms with van der Waals surface area (Å²) in [5, 5.41) is 0. The zero-order valence-electron chi connectivity index (χ0n) is 13.8. The van der Waals surface area contributed by atoms with Crippen LogP contribution in [0.1, 0.15) is 24.1 Å². The van der Waals surface area contributed by atoms with Crippen LogP contribution in [0.15, 0.2) is 29.1 Å². The van der Waals surface area contributed by atoms with Crippen LogP contribution < -0.4 is 21.1 Å². The number of fused-ring (bicyclic) bond motifs is 1. The highest BCUT2D eigenvalue weighted by molar-refractivity contribution is 5.54. The molecule has 0 radical (unpaired) electrons. The number of benzene rings is 1. The molecule has 0 atom stereocenters. The first kappa shape index (κ1) is 15.1. The molecule has 4 rings (SSSR count). The minimum absolute atomic E-state index is 0.0515. The van der Waals surface area contributed by atoms with E-state index in [0.29, 0.717) is 0 Å². The Balaban J connectivity index is 1.49. The number of aromatic amines is 1. The first-order valence-corrected chi connectivity index (χ1v) is 8.68. The fourth-order valence-corrected chi connectivity index (χ4v) is 3.60. The third-order valence-corrected chi connectivity index (χ3v) is 5.02. The summed E-state index contributed by atoms with van der Waals surface area (Å²) in [6.07, 6.45) is 4.02. The summed E-state index contributed by atoms with van der Waals surface area (Å²) >= 11 is 0. The lowest BCUT2D eigenvalue weighted by Gasteiger charge is -2.36. The lowest BCUT2D eigenvalue weighted by Crippen LogP contribution is -2.47. The molecule has 0 unspecified atom stereocenters. The van der Waals surface area contributed by atoms with Gasteiger partial charge in [-0.2, -0.15) is 0 Å². The quantitative estimate of drug-likeness (QED) is 0.819. The minimum atomic E-state index is 0.0515. The van der Waals surface area contributed by atoms with Crippen molar-refractivity contribution >= 4 is 17.3 Å². The van der Waals surface area contributed by atoms with E-state index in [1.54, 1.807) is 0 Å². The van der Waals surface area contributed by atoms with Gasteiger partial charge in [-0.15, -0.1) is 0 Å². The van der Waals surface area contributed by atoms with Gasteiger partial charge in [0.25, 0.3) is 5.56 Å². The maximum Gasteiger partial charge on any atom is 0.255 e. The number of anilines is 3. The lowest BCUT2D eigenvalue weighted by molar-refractivity contribution is 0.620. The van der Waals surface area contributed by atoms with E-state index in [-0.39, 0.29) is 5.56 Å². The highest BCUT2D eigenvalue weighted by Crippen LogP contribution is 2.21. The third kappa shape index (κ3) is 2.84. The Bertz CT molecular complexity index is 775. The topological polar surface area (TPSA) is 78.2 Å². The molecule has 6 heteroatoms. The van der Waals surface area contributed by atoms with Gasteiger partial charge in [0.2, 0.25) is 5.95 Å². The largest absolute Gasteiger partial charge is 0.399 e. The number of hydrogen-bond acceptors (Lipinski definition) is 5. The molecule has 2 heterocycles. The predicted octanol–water partition coefficient (Wildman–Crippen LogP) is 1.56. The number of nitrogens with zero attached hydrogens (tertiary/aromatic N) is 3. The van der Waals surface area contributed by atoms with Gasteiger partial charge in [-0.1, -0.05) is 0 Å². The van der Waals surface area contributed by atoms with E-state index in [9.17, 15) is 4.79 Å². The zero-order valence-corrected chi connectivity index (χ0v) is 13.8. The van der Waals surface area contributed by atoms with Crippen LogP contribution in [0, 0.1) is 0 Å². The Hall–Kier alpha value is -2.50. The standard InChI is InChI=1S/C18H23N5O/c19-13-5-7-14(8-6-13)22-9-11-23(12-10-22)18-20-16-4-2-1-3-15(16)17(24)21-18/h5-8H,1-4,9-12,19H2,(H,20,21,24). The Labute approximate surface area is 141 Å². The molecule has 1 saturated heterocycles. The number of hydrogen-bond donors (Lipinski definition) is 2. The average Bonchev–Trinajstić information content (AvgIpc) is 2.62. The summed E-state index contributed by atoms with van der Waals surface area (Å²) in [5.74, 6) is 0.734. The first-order chi connectivity index (χ1) is 11.7. The number of aromatic nitrogens is 2. The maximum absolute atomic E-state index is 12.3. The van der Waals surface area contributed by atoms with E-state index >= 15 is 0 Å². The van der Waals surface area contributed by atoms with Gasteiger partial charge in [0.15, 0.2) is 0 Å². The van der Waals surface area contributed by atoms with E-state index in [2.05, 4.69) is 26.9 Å². The molecule has 2 aliphatic rings. The maximum atomic E-state index is 12.3. The Morgan fingerprint density at radius 1 is 0.958 bits per heavy atom. The van der Waals surface area contributed by atoms with Gasteiger partial charge in [-0.05, 0) is 49.9 Å². The SMILES string of the molecule is Nc1ccc(N2CCN(c3nc4c(c(=O)[nH]3)CCCC4)CC2)cc1. The zero-order chi connectivity index (χ0) is 16.5. The van der Waals surface area contributed by atoms with Crippen molar-refractivity contribution in [1.82, 2.24) is 9.97 Å². The van der Waals surface area contributed by atoms with Gasteiger partial charge in [0.1, 0.15) is 0 Å². The first-order valence-electron chi connectivity index (χ1n) is 8.68. The van der Waals surface area contributed by atoms with E-state index in [4.69, 9.17) is 10.7 Å². The summed E-state index contributed by atoms with van der Waals surface area (Å²) < 4.78 is 0. The molecule has 3 N–H and O–H groups in total. The highest BCUT2D eigenvalue weighted by Gasteiger charge is 2.22. The normalized spacial score (nSPS) is 17.7. The van der Waals surface area contributed by atoms with E-state index in [0.717, 1.165) is 74.8 Å². The molecule has 0 saturated carbocycles. The van der Waals surface area contributed by atoms with Gasteiger partial charge in [-0.25, -0.2) is 4.98 Å². The number of piperazine rings is 1. The van der Waals surface area contributed by atoms with Crippen LogP contribution in [0.3, 0.4) is 0 Å². The van der Waals surface area contributed by atoms with Crippen LogP contribution in [0.2, 0.25) is 0 Å². The fraction of sp³-hybridized carbons (Fsp3) is 0.444. The molecule has 1 aromatic heterocycles. The van der Waals surface area contributed by atoms with E-state index in [1.807, 2.05) is 12.1 Å². The molecule has 24 heavy (non-hydrogen) atoms. The minimum Gasteiger partial charge on any atom is -0.399 e. The van der Waals surface area contributed by atoms with Gasteiger partial charge >= 0.3 is 0 Å². The van der Waals surface area contributed by atoms with Crippen LogP contribution in [0.5, 0.6) is 0 Å². The molecule has 1 fully saturated rings. The van der Waals surface area contributed by atoms with Crippen molar-refractivity contribution in [1.29, 1.82) is 0 Å². The monoisotopic (exact) mass is 325 g/mol. The molecule has 6 nitrogen and oxygen atoms in total. The summed E-state index contributed by atoms with van der Waals surface area (Å²) in [5.41, 5.74) is 9.68. The molecule has 1 aromatic carbocycles. The molecule has 0 amide bonds. The van der Waals surface area contributed by atoms with E-state index < -0.39 is 0 Å². The van der Waals surface area contributed by atoms with E-state index in [1.165, 1.54) is 5.69 Å². The number of nitrogen functional groups attached to an aromatic ring is 1. The van der Waals surface area contributed by atoms with Crippen molar-refractivity contribution in [2.24, 2.45) is 0 Å². The number of aryl methyl sites for hydroxylation is 1. The predicted molar refractivity (Wildman–Crippen MR) is 96.8 cm³/mol. The Morgan fingerprint density at radius 3 is 2.38 bits per heavy atom. The smallest absolute Gasteiger partial charge is 0.255 e. The van der Waals surface area contributed by atoms with Crippen LogP contribution in [0.25, 0.3) is 0 Å². The number of nitrogens with one attached hydrogen (secondary N) is 1. The van der Waals surface area contributed by atoms with Crippen LogP contribution >= 0.6 is 0 Å².